The van der Waals surface area contributed by atoms with E-state index in [9.17, 15) is 14.4 Å². The molecule has 0 N–H and O–H groups in total. The van der Waals surface area contributed by atoms with E-state index in [2.05, 4.69) is 0 Å². The number of carbonyl (C=O) groups excluding carboxylic acids is 3. The molecule has 0 aromatic heterocycles. The lowest BCUT2D eigenvalue weighted by Crippen LogP contribution is -2.27. The highest BCUT2D eigenvalue weighted by Gasteiger charge is 2.36. The Balaban J connectivity index is 1.36. The Hall–Kier alpha value is -3.95. The Morgan fingerprint density at radius 3 is 2.51 bits per heavy atom. The van der Waals surface area contributed by atoms with E-state index in [4.69, 9.17) is 30.5 Å². The van der Waals surface area contributed by atoms with Gasteiger partial charge in [-0.25, -0.2) is 4.79 Å². The Bertz CT molecular complexity index is 1450. The van der Waals surface area contributed by atoms with Gasteiger partial charge in [-0.2, -0.15) is 0 Å². The lowest BCUT2D eigenvalue weighted by molar-refractivity contribution is -0.123. The Kier molecular flexibility index (Phi) is 6.82. The van der Waals surface area contributed by atoms with Gasteiger partial charge in [-0.05, 0) is 66.2 Å². The van der Waals surface area contributed by atoms with E-state index in [1.807, 2.05) is 19.1 Å². The minimum atomic E-state index is -0.545. The Morgan fingerprint density at radius 1 is 1.05 bits per heavy atom. The molecule has 1 fully saturated rings. The number of ether oxygens (including phenoxy) is 4. The molecule has 0 spiro atoms. The van der Waals surface area contributed by atoms with Crippen LogP contribution in [0.1, 0.15) is 27.0 Å². The molecule has 0 bridgehead atoms. The standard InChI is InChI=1S/C27H20ClNO7S/c1-15-3-6-17(7-4-15)26(31)36-23-9-16(5-8-20(23)33-2)10-24-25(30)29(27(32)37-24)13-18-11-21-22(12-19(18)28)35-14-34-21/h3-12H,13-14H2,1-2H3/b24-10-. The Morgan fingerprint density at radius 2 is 1.78 bits per heavy atom. The van der Waals surface area contributed by atoms with Gasteiger partial charge in [0, 0.05) is 11.1 Å². The highest BCUT2D eigenvalue weighted by molar-refractivity contribution is 8.18. The average molecular weight is 538 g/mol. The van der Waals surface area contributed by atoms with Gasteiger partial charge in [-0.15, -0.1) is 0 Å². The number of amides is 2. The molecule has 2 aliphatic heterocycles. The van der Waals surface area contributed by atoms with E-state index in [1.54, 1.807) is 48.5 Å². The lowest BCUT2D eigenvalue weighted by Gasteiger charge is -2.14. The lowest BCUT2D eigenvalue weighted by atomic mass is 10.1. The van der Waals surface area contributed by atoms with Crippen LogP contribution in [0.25, 0.3) is 6.08 Å². The van der Waals surface area contributed by atoms with Crippen LogP contribution in [-0.2, 0) is 11.3 Å². The third-order valence-corrected chi connectivity index (χ3v) is 6.98. The van der Waals surface area contributed by atoms with Crippen molar-refractivity contribution in [3.8, 4) is 23.0 Å². The number of methoxy groups -OCH3 is 1. The third kappa shape index (κ3) is 5.14. The summed E-state index contributed by atoms with van der Waals surface area (Å²) in [6.07, 6.45) is 1.56. The van der Waals surface area contributed by atoms with Crippen LogP contribution in [0, 0.1) is 6.92 Å². The van der Waals surface area contributed by atoms with Crippen LogP contribution < -0.4 is 18.9 Å². The smallest absolute Gasteiger partial charge is 0.343 e. The van der Waals surface area contributed by atoms with Gasteiger partial charge in [0.15, 0.2) is 23.0 Å². The number of fused-ring (bicyclic) bond motifs is 1. The predicted octanol–water partition coefficient (Wildman–Crippen LogP) is 5.84. The van der Waals surface area contributed by atoms with Crippen molar-refractivity contribution in [2.75, 3.05) is 13.9 Å². The van der Waals surface area contributed by atoms with Gasteiger partial charge >= 0.3 is 5.97 Å². The molecule has 1 saturated heterocycles. The minimum absolute atomic E-state index is 0.0144. The molecular weight excluding hydrogens is 518 g/mol. The largest absolute Gasteiger partial charge is 0.493 e. The second-order valence-corrected chi connectivity index (χ2v) is 9.63. The van der Waals surface area contributed by atoms with Crippen LogP contribution in [0.4, 0.5) is 4.79 Å². The summed E-state index contributed by atoms with van der Waals surface area (Å²) in [4.78, 5) is 39.7. The minimum Gasteiger partial charge on any atom is -0.493 e. The van der Waals surface area contributed by atoms with Crippen molar-refractivity contribution in [1.82, 2.24) is 4.90 Å². The number of hydrogen-bond acceptors (Lipinski definition) is 8. The molecule has 2 amide bonds. The van der Waals surface area contributed by atoms with Gasteiger partial charge < -0.3 is 18.9 Å². The molecule has 3 aromatic carbocycles. The number of aryl methyl sites for hydroxylation is 1. The summed E-state index contributed by atoms with van der Waals surface area (Å²) in [5.74, 6) is 0.555. The van der Waals surface area contributed by atoms with Crippen LogP contribution in [0.5, 0.6) is 23.0 Å². The highest BCUT2D eigenvalue weighted by atomic mass is 35.5. The van der Waals surface area contributed by atoms with Gasteiger partial charge in [-0.1, -0.05) is 35.4 Å². The second kappa shape index (κ2) is 10.2. The molecule has 0 saturated carbocycles. The van der Waals surface area contributed by atoms with Gasteiger partial charge in [0.1, 0.15) is 0 Å². The first-order valence-electron chi connectivity index (χ1n) is 11.1. The van der Waals surface area contributed by atoms with Crippen LogP contribution in [0.3, 0.4) is 0 Å². The fourth-order valence-corrected chi connectivity index (χ4v) is 4.80. The fraction of sp³-hybridized carbons (Fsp3) is 0.148. The van der Waals surface area contributed by atoms with Crippen molar-refractivity contribution in [3.63, 3.8) is 0 Å². The summed E-state index contributed by atoms with van der Waals surface area (Å²) in [6, 6.07) is 15.2. The summed E-state index contributed by atoms with van der Waals surface area (Å²) < 4.78 is 21.6. The number of carbonyl (C=O) groups is 3. The van der Waals surface area contributed by atoms with E-state index in [0.717, 1.165) is 22.2 Å². The molecule has 2 heterocycles. The van der Waals surface area contributed by atoms with Crippen molar-refractivity contribution in [1.29, 1.82) is 0 Å². The SMILES string of the molecule is COc1ccc(/C=C2\SC(=O)N(Cc3cc4c(cc3Cl)OCO4)C2=O)cc1OC(=O)c1ccc(C)cc1. The summed E-state index contributed by atoms with van der Waals surface area (Å²) in [5, 5.41) is -0.0630. The maximum atomic E-state index is 13.1. The van der Waals surface area contributed by atoms with Crippen LogP contribution in [0.2, 0.25) is 5.02 Å². The molecule has 2 aliphatic rings. The zero-order chi connectivity index (χ0) is 26.1. The van der Waals surface area contributed by atoms with Crippen molar-refractivity contribution < 1.29 is 33.3 Å². The van der Waals surface area contributed by atoms with E-state index >= 15 is 0 Å². The van der Waals surface area contributed by atoms with Gasteiger partial charge in [0.05, 0.1) is 24.1 Å². The number of esters is 1. The van der Waals surface area contributed by atoms with Gasteiger partial charge in [0.2, 0.25) is 6.79 Å². The number of hydrogen-bond donors (Lipinski definition) is 0. The normalized spacial score (nSPS) is 15.4. The third-order valence-electron chi connectivity index (χ3n) is 5.72. The summed E-state index contributed by atoms with van der Waals surface area (Å²) >= 11 is 7.14. The molecule has 3 aromatic rings. The average Bonchev–Trinajstić information content (AvgIpc) is 3.43. The number of nitrogens with zero attached hydrogens (tertiary/aromatic N) is 1. The van der Waals surface area contributed by atoms with E-state index < -0.39 is 17.1 Å². The molecule has 0 radical (unpaired) electrons. The van der Waals surface area contributed by atoms with Crippen molar-refractivity contribution in [2.24, 2.45) is 0 Å². The van der Waals surface area contributed by atoms with Crippen molar-refractivity contribution in [2.45, 2.75) is 13.5 Å². The first-order valence-corrected chi connectivity index (χ1v) is 12.3. The molecule has 0 atom stereocenters. The number of benzene rings is 3. The Labute approximate surface area is 221 Å². The number of thioether (sulfide) groups is 1. The molecule has 37 heavy (non-hydrogen) atoms. The van der Waals surface area contributed by atoms with Crippen LogP contribution in [0.15, 0.2) is 59.5 Å². The monoisotopic (exact) mass is 537 g/mol. The molecule has 0 unspecified atom stereocenters. The highest BCUT2D eigenvalue weighted by Crippen LogP contribution is 2.40. The van der Waals surface area contributed by atoms with Crippen molar-refractivity contribution in [3.05, 3.63) is 86.8 Å². The summed E-state index contributed by atoms with van der Waals surface area (Å²) in [5.41, 5.74) is 2.52. The maximum absolute atomic E-state index is 13.1. The maximum Gasteiger partial charge on any atom is 0.343 e. The quantitative estimate of drug-likeness (QED) is 0.220. The summed E-state index contributed by atoms with van der Waals surface area (Å²) in [6.45, 7) is 2.00. The zero-order valence-corrected chi connectivity index (χ0v) is 21.4. The number of rotatable bonds is 6. The first kappa shape index (κ1) is 24.7. The zero-order valence-electron chi connectivity index (χ0n) is 19.8. The summed E-state index contributed by atoms with van der Waals surface area (Å²) in [7, 11) is 1.46. The van der Waals surface area contributed by atoms with Gasteiger partial charge in [0.25, 0.3) is 11.1 Å². The number of imide groups is 1. The number of halogens is 1. The fourth-order valence-electron chi connectivity index (χ4n) is 3.75. The molecule has 10 heteroatoms. The molecular formula is C27H20ClNO7S. The molecule has 0 aliphatic carbocycles. The van der Waals surface area contributed by atoms with Crippen LogP contribution >= 0.6 is 23.4 Å². The van der Waals surface area contributed by atoms with E-state index in [-0.39, 0.29) is 24.0 Å². The van der Waals surface area contributed by atoms with Gasteiger partial charge in [-0.3, -0.25) is 14.5 Å². The molecule has 188 valence electrons. The molecule has 5 rings (SSSR count). The van der Waals surface area contributed by atoms with E-state index in [1.165, 1.54) is 7.11 Å². The van der Waals surface area contributed by atoms with Crippen LogP contribution in [-0.4, -0.2) is 35.9 Å². The topological polar surface area (TPSA) is 91.4 Å². The van der Waals surface area contributed by atoms with E-state index in [0.29, 0.717) is 39.0 Å². The predicted molar refractivity (Wildman–Crippen MR) is 138 cm³/mol. The second-order valence-electron chi connectivity index (χ2n) is 8.23. The van der Waals surface area contributed by atoms with Crippen molar-refractivity contribution >= 4 is 46.6 Å². The first-order chi connectivity index (χ1) is 17.8. The molecule has 8 nitrogen and oxygen atoms in total.